The maximum absolute atomic E-state index is 3.63. The predicted octanol–water partition coefficient (Wildman–Crippen LogP) is 7.33. The van der Waals surface area contributed by atoms with E-state index in [0.717, 1.165) is 0 Å². The van der Waals surface area contributed by atoms with E-state index < -0.39 is 0 Å². The van der Waals surface area contributed by atoms with Crippen molar-refractivity contribution in [2.45, 2.75) is 25.7 Å². The highest BCUT2D eigenvalue weighted by Crippen LogP contribution is 2.25. The van der Waals surface area contributed by atoms with Crippen LogP contribution < -0.4 is 0 Å². The van der Waals surface area contributed by atoms with E-state index in [4.69, 9.17) is 0 Å². The summed E-state index contributed by atoms with van der Waals surface area (Å²) in [5, 5.41) is 0. The quantitative estimate of drug-likeness (QED) is 0.520. The van der Waals surface area contributed by atoms with E-state index >= 15 is 0 Å². The molecule has 0 bridgehead atoms. The summed E-state index contributed by atoms with van der Waals surface area (Å²) >= 11 is 0. The first kappa shape index (κ1) is 19.4. The van der Waals surface area contributed by atoms with Crippen LogP contribution in [0.3, 0.4) is 0 Å². The Hall–Kier alpha value is -2.60. The molecule has 2 aromatic carbocycles. The Morgan fingerprint density at radius 2 is 1.08 bits per heavy atom. The van der Waals surface area contributed by atoms with Crippen LogP contribution in [0.15, 0.2) is 98.1 Å². The van der Waals surface area contributed by atoms with Gasteiger partial charge in [-0.15, -0.1) is 0 Å². The van der Waals surface area contributed by atoms with Crippen molar-refractivity contribution in [3.8, 4) is 0 Å². The summed E-state index contributed by atoms with van der Waals surface area (Å²) < 4.78 is 0. The summed E-state index contributed by atoms with van der Waals surface area (Å²) in [7, 11) is 0. The Morgan fingerprint density at radius 3 is 1.46 bits per heavy atom. The van der Waals surface area contributed by atoms with Crippen LogP contribution in [0.5, 0.6) is 0 Å². The molecule has 1 fully saturated rings. The topological polar surface area (TPSA) is 0 Å². The van der Waals surface area contributed by atoms with Crippen molar-refractivity contribution in [2.75, 3.05) is 0 Å². The number of hydrogen-bond donors (Lipinski definition) is 0. The Bertz CT molecular complexity index is 604. The Morgan fingerprint density at radius 1 is 0.625 bits per heavy atom. The Kier molecular flexibility index (Phi) is 10.4. The molecule has 2 aromatic rings. The van der Waals surface area contributed by atoms with Crippen molar-refractivity contribution >= 4 is 12.2 Å². The molecule has 0 aromatic heterocycles. The zero-order valence-electron chi connectivity index (χ0n) is 14.5. The first-order chi connectivity index (χ1) is 11.8. The minimum Gasteiger partial charge on any atom is -0.0991 e. The molecule has 0 aliphatic heterocycles. The van der Waals surface area contributed by atoms with Gasteiger partial charge in [0, 0.05) is 0 Å². The summed E-state index contributed by atoms with van der Waals surface area (Å²) in [5.74, 6) is 0. The monoisotopic (exact) mass is 316 g/mol. The summed E-state index contributed by atoms with van der Waals surface area (Å²) in [6, 6.07) is 20.6. The fourth-order valence-corrected chi connectivity index (χ4v) is 2.35. The molecule has 3 rings (SSSR count). The van der Waals surface area contributed by atoms with E-state index in [0.29, 0.717) is 0 Å². The molecule has 0 amide bonds. The van der Waals surface area contributed by atoms with Gasteiger partial charge < -0.3 is 0 Å². The maximum Gasteiger partial charge on any atom is -0.0257 e. The lowest BCUT2D eigenvalue weighted by Gasteiger charge is -1.95. The Labute approximate surface area is 147 Å². The van der Waals surface area contributed by atoms with Gasteiger partial charge >= 0.3 is 0 Å². The highest BCUT2D eigenvalue weighted by Gasteiger charge is 2.05. The second kappa shape index (κ2) is 12.9. The smallest absolute Gasteiger partial charge is 0.0257 e. The van der Waals surface area contributed by atoms with Gasteiger partial charge in [-0.25, -0.2) is 0 Å². The van der Waals surface area contributed by atoms with Crippen LogP contribution in [0.1, 0.15) is 36.8 Å². The van der Waals surface area contributed by atoms with E-state index in [9.17, 15) is 0 Å². The minimum atomic E-state index is 1.17. The molecule has 0 heteroatoms. The van der Waals surface area contributed by atoms with Crippen LogP contribution in [0.4, 0.5) is 0 Å². The Balaban J connectivity index is 0.000000208. The predicted molar refractivity (Wildman–Crippen MR) is 110 cm³/mol. The van der Waals surface area contributed by atoms with Crippen LogP contribution in [-0.2, 0) is 0 Å². The molecule has 0 N–H and O–H groups in total. The minimum absolute atomic E-state index is 1.17. The largest absolute Gasteiger partial charge is 0.0991 e. The van der Waals surface area contributed by atoms with Crippen LogP contribution >= 0.6 is 0 Å². The normalized spacial score (nSPS) is 11.9. The molecule has 0 atom stereocenters. The first-order valence-corrected chi connectivity index (χ1v) is 8.45. The zero-order valence-corrected chi connectivity index (χ0v) is 14.5. The van der Waals surface area contributed by atoms with Gasteiger partial charge in [-0.2, -0.15) is 0 Å². The summed E-state index contributed by atoms with van der Waals surface area (Å²) in [5.41, 5.74) is 4.16. The summed E-state index contributed by atoms with van der Waals surface area (Å²) in [6.07, 6.45) is 12.9. The average molecular weight is 316 g/mol. The van der Waals surface area contributed by atoms with Gasteiger partial charge in [-0.1, -0.05) is 110 Å². The molecule has 0 spiro atoms. The van der Waals surface area contributed by atoms with E-state index in [1.165, 1.54) is 36.8 Å². The average Bonchev–Trinajstić information content (AvgIpc) is 3.17. The first-order valence-electron chi connectivity index (χ1n) is 8.45. The van der Waals surface area contributed by atoms with Gasteiger partial charge in [-0.3, -0.25) is 0 Å². The second-order valence-electron chi connectivity index (χ2n) is 5.51. The van der Waals surface area contributed by atoms with E-state index in [2.05, 4.69) is 56.1 Å². The van der Waals surface area contributed by atoms with Crippen LogP contribution in [0, 0.1) is 0 Å². The van der Waals surface area contributed by atoms with Crippen molar-refractivity contribution in [3.05, 3.63) is 109 Å². The van der Waals surface area contributed by atoms with E-state index in [1.807, 2.05) is 36.4 Å². The van der Waals surface area contributed by atoms with Crippen molar-refractivity contribution in [1.82, 2.24) is 0 Å². The lowest BCUT2D eigenvalue weighted by atomic mass is 10.1. The van der Waals surface area contributed by atoms with Gasteiger partial charge in [0.1, 0.15) is 0 Å². The van der Waals surface area contributed by atoms with E-state index in [1.54, 1.807) is 17.7 Å². The lowest BCUT2D eigenvalue weighted by Crippen LogP contribution is -1.73. The number of hydrogen-bond acceptors (Lipinski definition) is 0. The third-order valence-corrected chi connectivity index (χ3v) is 3.62. The zero-order chi connectivity index (χ0) is 17.5. The van der Waals surface area contributed by atoms with E-state index in [-0.39, 0.29) is 0 Å². The molecule has 1 aliphatic rings. The maximum atomic E-state index is 3.63. The van der Waals surface area contributed by atoms with Gasteiger partial charge in [0.05, 0.1) is 0 Å². The molecule has 1 saturated carbocycles. The molecule has 24 heavy (non-hydrogen) atoms. The van der Waals surface area contributed by atoms with Crippen LogP contribution in [0.2, 0.25) is 0 Å². The molecule has 124 valence electrons. The molecule has 0 unspecified atom stereocenters. The molecular formula is C24H28. The third kappa shape index (κ3) is 8.75. The van der Waals surface area contributed by atoms with Gasteiger partial charge in [0.2, 0.25) is 0 Å². The lowest BCUT2D eigenvalue weighted by molar-refractivity contribution is 0.886. The molecule has 0 nitrogen and oxygen atoms in total. The standard InChI is InChI=1S/C12H14.C8H8.C4H6/c1-2-6-11(7-3-1)10-12-8-4-5-9-12;1-2-8-6-4-3-5-7-8;1-3-4-2/h1-3,6-7,10H,4-5,8-9H2;2-7H,1H2;3-4H,1-2H2. The fraction of sp³-hybridized carbons (Fsp3) is 0.167. The fourth-order valence-electron chi connectivity index (χ4n) is 2.35. The highest BCUT2D eigenvalue weighted by atomic mass is 14.1. The van der Waals surface area contributed by atoms with Crippen LogP contribution in [0.25, 0.3) is 12.2 Å². The van der Waals surface area contributed by atoms with Crippen LogP contribution in [-0.4, -0.2) is 0 Å². The molecule has 0 saturated heterocycles. The van der Waals surface area contributed by atoms with Crippen molar-refractivity contribution in [3.63, 3.8) is 0 Å². The summed E-state index contributed by atoms with van der Waals surface area (Å²) in [6.45, 7) is 10.4. The van der Waals surface area contributed by atoms with Crippen molar-refractivity contribution < 1.29 is 0 Å². The number of rotatable bonds is 3. The number of allylic oxidation sites excluding steroid dienone is 3. The number of benzene rings is 2. The summed E-state index contributed by atoms with van der Waals surface area (Å²) in [4.78, 5) is 0. The SMILES string of the molecule is C(=C1CCCC1)c1ccccc1.C=CC=C.C=Cc1ccccc1. The van der Waals surface area contributed by atoms with Crippen molar-refractivity contribution in [1.29, 1.82) is 0 Å². The third-order valence-electron chi connectivity index (χ3n) is 3.62. The molecular weight excluding hydrogens is 288 g/mol. The van der Waals surface area contributed by atoms with Gasteiger partial charge in [0.25, 0.3) is 0 Å². The molecule has 1 aliphatic carbocycles. The molecule has 0 heterocycles. The molecule has 0 radical (unpaired) electrons. The highest BCUT2D eigenvalue weighted by molar-refractivity contribution is 5.53. The second-order valence-corrected chi connectivity index (χ2v) is 5.51. The van der Waals surface area contributed by atoms with Gasteiger partial charge in [-0.05, 0) is 36.8 Å². The van der Waals surface area contributed by atoms with Crippen molar-refractivity contribution in [2.24, 2.45) is 0 Å². The van der Waals surface area contributed by atoms with Gasteiger partial charge in [0.15, 0.2) is 0 Å².